The first kappa shape index (κ1) is 15.0. The Morgan fingerprint density at radius 1 is 1.17 bits per heavy atom. The zero-order valence-corrected chi connectivity index (χ0v) is 12.5. The van der Waals surface area contributed by atoms with Crippen molar-refractivity contribution in [2.45, 2.75) is 12.5 Å². The molecule has 0 bridgehead atoms. The number of benzene rings is 2. The zero-order valence-electron chi connectivity index (χ0n) is 12.5. The lowest BCUT2D eigenvalue weighted by Crippen LogP contribution is -2.34. The molecule has 0 aliphatic carbocycles. The van der Waals surface area contributed by atoms with Gasteiger partial charge >= 0.3 is 0 Å². The van der Waals surface area contributed by atoms with Gasteiger partial charge in [-0.1, -0.05) is 18.2 Å². The first-order valence-electron chi connectivity index (χ1n) is 7.12. The minimum Gasteiger partial charge on any atom is -0.497 e. The number of imide groups is 1. The summed E-state index contributed by atoms with van der Waals surface area (Å²) in [5, 5.41) is 2.80. The van der Waals surface area contributed by atoms with Gasteiger partial charge in [-0.05, 0) is 24.3 Å². The Balaban J connectivity index is 1.84. The molecule has 0 unspecified atom stereocenters. The Labute approximate surface area is 132 Å². The molecule has 3 rings (SSSR count). The summed E-state index contributed by atoms with van der Waals surface area (Å²) in [6.45, 7) is 0. The molecule has 23 heavy (non-hydrogen) atoms. The highest BCUT2D eigenvalue weighted by Gasteiger charge is 2.39. The number of ether oxygens (including phenoxy) is 1. The van der Waals surface area contributed by atoms with Crippen LogP contribution in [0.4, 0.5) is 15.8 Å². The van der Waals surface area contributed by atoms with E-state index in [0.29, 0.717) is 11.4 Å². The summed E-state index contributed by atoms with van der Waals surface area (Å²) < 4.78 is 18.8. The minimum atomic E-state index is -0.786. The smallest absolute Gasteiger partial charge is 0.256 e. The highest BCUT2D eigenvalue weighted by molar-refractivity contribution is 6.23. The van der Waals surface area contributed by atoms with Crippen molar-refractivity contribution in [2.75, 3.05) is 17.3 Å². The normalized spacial score (nSPS) is 17.5. The molecule has 1 aliphatic rings. The van der Waals surface area contributed by atoms with Crippen LogP contribution in [0.25, 0.3) is 0 Å². The van der Waals surface area contributed by atoms with Crippen molar-refractivity contribution in [3.63, 3.8) is 0 Å². The standard InChI is InChI=1S/C17H15FN2O3/c1-23-12-6-4-5-11(9-12)20-16(21)10-15(17(20)22)19-14-8-3-2-7-13(14)18/h2-9,15,19H,10H2,1H3/t15-/m0/s1. The van der Waals surface area contributed by atoms with E-state index >= 15 is 0 Å². The van der Waals surface area contributed by atoms with Gasteiger partial charge in [0.2, 0.25) is 5.91 Å². The van der Waals surface area contributed by atoms with E-state index in [-0.39, 0.29) is 18.0 Å². The summed E-state index contributed by atoms with van der Waals surface area (Å²) in [6.07, 6.45) is -0.0234. The van der Waals surface area contributed by atoms with Crippen LogP contribution in [-0.2, 0) is 9.59 Å². The molecule has 5 nitrogen and oxygen atoms in total. The predicted molar refractivity (Wildman–Crippen MR) is 83.9 cm³/mol. The average Bonchev–Trinajstić information content (AvgIpc) is 2.83. The molecule has 1 saturated heterocycles. The van der Waals surface area contributed by atoms with Crippen LogP contribution < -0.4 is 15.0 Å². The highest BCUT2D eigenvalue weighted by Crippen LogP contribution is 2.28. The molecule has 118 valence electrons. The number of methoxy groups -OCH3 is 1. The number of rotatable bonds is 4. The lowest BCUT2D eigenvalue weighted by Gasteiger charge is -2.17. The molecule has 1 aliphatic heterocycles. The Hall–Kier alpha value is -2.89. The molecular formula is C17H15FN2O3. The van der Waals surface area contributed by atoms with Crippen LogP contribution in [-0.4, -0.2) is 25.0 Å². The summed E-state index contributed by atoms with van der Waals surface area (Å²) >= 11 is 0. The summed E-state index contributed by atoms with van der Waals surface area (Å²) in [7, 11) is 1.51. The topological polar surface area (TPSA) is 58.6 Å². The Morgan fingerprint density at radius 2 is 1.96 bits per heavy atom. The fraction of sp³-hybridized carbons (Fsp3) is 0.176. The first-order valence-corrected chi connectivity index (χ1v) is 7.12. The number of carbonyl (C=O) groups is 2. The lowest BCUT2D eigenvalue weighted by atomic mass is 10.2. The van der Waals surface area contributed by atoms with Gasteiger partial charge in [-0.3, -0.25) is 9.59 Å². The van der Waals surface area contributed by atoms with E-state index < -0.39 is 17.8 Å². The molecule has 0 radical (unpaired) electrons. The molecule has 2 aromatic rings. The maximum atomic E-state index is 13.7. The van der Waals surface area contributed by atoms with E-state index in [1.54, 1.807) is 36.4 Å². The molecule has 1 fully saturated rings. The molecule has 0 saturated carbocycles. The minimum absolute atomic E-state index is 0.0234. The third kappa shape index (κ3) is 2.88. The van der Waals surface area contributed by atoms with Gasteiger partial charge in [0.25, 0.3) is 5.91 Å². The number of carbonyl (C=O) groups excluding carboxylic acids is 2. The number of hydrogen-bond donors (Lipinski definition) is 1. The summed E-state index contributed by atoms with van der Waals surface area (Å²) in [6, 6.07) is 12.0. The summed E-state index contributed by atoms with van der Waals surface area (Å²) in [5.74, 6) is -0.662. The predicted octanol–water partition coefficient (Wildman–Crippen LogP) is 2.58. The molecule has 2 amide bonds. The number of hydrogen-bond acceptors (Lipinski definition) is 4. The van der Waals surface area contributed by atoms with E-state index in [2.05, 4.69) is 5.32 Å². The van der Waals surface area contributed by atoms with Gasteiger partial charge in [-0.25, -0.2) is 9.29 Å². The first-order chi connectivity index (χ1) is 11.1. The van der Waals surface area contributed by atoms with Crippen LogP contribution in [0.2, 0.25) is 0 Å². The van der Waals surface area contributed by atoms with Gasteiger partial charge in [0.05, 0.1) is 24.9 Å². The van der Waals surface area contributed by atoms with E-state index in [4.69, 9.17) is 4.74 Å². The molecule has 0 aromatic heterocycles. The van der Waals surface area contributed by atoms with Gasteiger partial charge < -0.3 is 10.1 Å². The lowest BCUT2D eigenvalue weighted by molar-refractivity contribution is -0.121. The molecule has 0 spiro atoms. The van der Waals surface area contributed by atoms with Gasteiger partial charge in [0.15, 0.2) is 0 Å². The van der Waals surface area contributed by atoms with E-state index in [1.807, 2.05) is 0 Å². The highest BCUT2D eigenvalue weighted by atomic mass is 19.1. The van der Waals surface area contributed by atoms with Gasteiger partial charge in [-0.2, -0.15) is 0 Å². The van der Waals surface area contributed by atoms with Crippen molar-refractivity contribution in [3.05, 3.63) is 54.3 Å². The second-order valence-corrected chi connectivity index (χ2v) is 5.15. The summed E-state index contributed by atoms with van der Waals surface area (Å²) in [5.41, 5.74) is 0.642. The SMILES string of the molecule is COc1cccc(N2C(=O)C[C@H](Nc3ccccc3F)C2=O)c1. The van der Waals surface area contributed by atoms with Crippen LogP contribution in [0.1, 0.15) is 6.42 Å². The van der Waals surface area contributed by atoms with Crippen LogP contribution in [0.5, 0.6) is 5.75 Å². The van der Waals surface area contributed by atoms with Crippen LogP contribution >= 0.6 is 0 Å². The van der Waals surface area contributed by atoms with Crippen LogP contribution in [0.15, 0.2) is 48.5 Å². The number of nitrogens with one attached hydrogen (secondary N) is 1. The third-order valence-corrected chi connectivity index (χ3v) is 3.66. The molecule has 2 aromatic carbocycles. The van der Waals surface area contributed by atoms with Crippen molar-refractivity contribution in [1.29, 1.82) is 0 Å². The number of anilines is 2. The molecule has 1 heterocycles. The number of halogens is 1. The van der Waals surface area contributed by atoms with E-state index in [0.717, 1.165) is 4.90 Å². The fourth-order valence-corrected chi connectivity index (χ4v) is 2.53. The van der Waals surface area contributed by atoms with E-state index in [9.17, 15) is 14.0 Å². The average molecular weight is 314 g/mol. The quantitative estimate of drug-likeness (QED) is 0.881. The Kier molecular flexibility index (Phi) is 3.97. The third-order valence-electron chi connectivity index (χ3n) is 3.66. The zero-order chi connectivity index (χ0) is 16.4. The maximum Gasteiger partial charge on any atom is 0.256 e. The van der Waals surface area contributed by atoms with Crippen LogP contribution in [0.3, 0.4) is 0 Å². The van der Waals surface area contributed by atoms with Gasteiger partial charge in [0.1, 0.15) is 17.6 Å². The van der Waals surface area contributed by atoms with Crippen LogP contribution in [0, 0.1) is 5.82 Å². The number of para-hydroxylation sites is 1. The number of amides is 2. The molecular weight excluding hydrogens is 299 g/mol. The van der Waals surface area contributed by atoms with Crippen molar-refractivity contribution in [1.82, 2.24) is 0 Å². The van der Waals surface area contributed by atoms with Crippen molar-refractivity contribution >= 4 is 23.2 Å². The molecule has 1 atom stereocenters. The van der Waals surface area contributed by atoms with Gasteiger partial charge in [0, 0.05) is 6.07 Å². The largest absolute Gasteiger partial charge is 0.497 e. The maximum absolute atomic E-state index is 13.7. The van der Waals surface area contributed by atoms with Crippen molar-refractivity contribution < 1.29 is 18.7 Å². The monoisotopic (exact) mass is 314 g/mol. The van der Waals surface area contributed by atoms with Crippen molar-refractivity contribution in [3.8, 4) is 5.75 Å². The van der Waals surface area contributed by atoms with Gasteiger partial charge in [-0.15, -0.1) is 0 Å². The fourth-order valence-electron chi connectivity index (χ4n) is 2.53. The van der Waals surface area contributed by atoms with Crippen molar-refractivity contribution in [2.24, 2.45) is 0 Å². The Bertz CT molecular complexity index is 763. The number of nitrogens with zero attached hydrogens (tertiary/aromatic N) is 1. The second kappa shape index (κ2) is 6.08. The van der Waals surface area contributed by atoms with E-state index in [1.165, 1.54) is 19.2 Å². The second-order valence-electron chi connectivity index (χ2n) is 5.15. The summed E-state index contributed by atoms with van der Waals surface area (Å²) in [4.78, 5) is 25.8. The molecule has 1 N–H and O–H groups in total. The Morgan fingerprint density at radius 3 is 2.70 bits per heavy atom. The molecule has 6 heteroatoms.